The van der Waals surface area contributed by atoms with Crippen LogP contribution in [0.1, 0.15) is 126 Å². The highest BCUT2D eigenvalue weighted by Crippen LogP contribution is 2.39. The second-order valence-electron chi connectivity index (χ2n) is 9.70. The first-order valence-corrected chi connectivity index (χ1v) is 15.6. The largest absolute Gasteiger partial charge is 0.306 e. The Bertz CT molecular complexity index is 333. The van der Waals surface area contributed by atoms with E-state index < -0.39 is 8.07 Å². The average Bonchev–Trinajstić information content (AvgIpc) is 2.70. The molecule has 0 aromatic carbocycles. The van der Waals surface area contributed by atoms with Gasteiger partial charge in [0.05, 0.1) is 0 Å². The van der Waals surface area contributed by atoms with Gasteiger partial charge in [0.25, 0.3) is 0 Å². The average molecular weight is 411 g/mol. The van der Waals surface area contributed by atoms with Gasteiger partial charge < -0.3 is 4.79 Å². The van der Waals surface area contributed by atoms with E-state index >= 15 is 0 Å². The molecular formula is C26H54OSi. The van der Waals surface area contributed by atoms with Crippen LogP contribution in [0.15, 0.2) is 0 Å². The number of carbonyl (C=O) groups excluding carboxylic acids is 1. The van der Waals surface area contributed by atoms with Crippen LogP contribution in [0.4, 0.5) is 0 Å². The van der Waals surface area contributed by atoms with Crippen molar-refractivity contribution in [3.8, 4) is 0 Å². The molecule has 0 saturated heterocycles. The minimum absolute atomic E-state index is 0.632. The molecule has 3 unspecified atom stereocenters. The fraction of sp³-hybridized carbons (Fsp3) is 0.962. The molecule has 0 radical (unpaired) electrons. The normalized spacial score (nSPS) is 17.1. The first-order valence-electron chi connectivity index (χ1n) is 12.9. The van der Waals surface area contributed by atoms with Crippen LogP contribution in [0.25, 0.3) is 0 Å². The van der Waals surface area contributed by atoms with Gasteiger partial charge in [0.1, 0.15) is 13.5 Å². The lowest BCUT2D eigenvalue weighted by molar-refractivity contribution is -0.111. The number of hydrogen-bond donors (Lipinski definition) is 0. The van der Waals surface area contributed by atoms with Crippen molar-refractivity contribution >= 4 is 13.5 Å². The number of hydrogen-bond acceptors (Lipinski definition) is 1. The molecule has 0 aromatic rings. The maximum Gasteiger partial charge on any atom is 0.133 e. The summed E-state index contributed by atoms with van der Waals surface area (Å²) in [4.78, 5) is 13.3. The molecule has 0 aliphatic rings. The van der Waals surface area contributed by atoms with Gasteiger partial charge in [-0.2, -0.15) is 0 Å². The third-order valence-electron chi connectivity index (χ3n) is 7.41. The van der Waals surface area contributed by atoms with Crippen LogP contribution >= 0.6 is 0 Å². The lowest BCUT2D eigenvalue weighted by Gasteiger charge is -2.38. The van der Waals surface area contributed by atoms with Gasteiger partial charge in [0.2, 0.25) is 0 Å². The van der Waals surface area contributed by atoms with Gasteiger partial charge >= 0.3 is 0 Å². The fourth-order valence-electron chi connectivity index (χ4n) is 5.17. The molecule has 168 valence electrons. The van der Waals surface area contributed by atoms with Crippen molar-refractivity contribution in [1.82, 2.24) is 0 Å². The Kier molecular flexibility index (Phi) is 16.6. The minimum atomic E-state index is -1.91. The fourth-order valence-corrected chi connectivity index (χ4v) is 11.3. The highest BCUT2D eigenvalue weighted by Gasteiger charge is 2.42. The molecule has 28 heavy (non-hydrogen) atoms. The molecule has 0 rings (SSSR count). The molecule has 0 N–H and O–H groups in total. The van der Waals surface area contributed by atoms with E-state index in [0.29, 0.717) is 5.41 Å². The number of rotatable bonds is 19. The van der Waals surface area contributed by atoms with Crippen molar-refractivity contribution in [1.29, 1.82) is 0 Å². The molecule has 3 atom stereocenters. The lowest BCUT2D eigenvalue weighted by Crippen LogP contribution is -2.47. The van der Waals surface area contributed by atoms with E-state index in [1.54, 1.807) is 0 Å². The van der Waals surface area contributed by atoms with Crippen LogP contribution in [0.2, 0.25) is 18.1 Å². The maximum atomic E-state index is 13.3. The summed E-state index contributed by atoms with van der Waals surface area (Å²) in [5, 5.41) is 0.632. The molecule has 0 bridgehead atoms. The summed E-state index contributed by atoms with van der Waals surface area (Å²) in [5.74, 6) is 2.34. The first-order chi connectivity index (χ1) is 13.4. The number of carbonyl (C=O) groups is 1. The van der Waals surface area contributed by atoms with E-state index in [1.807, 2.05) is 6.92 Å². The summed E-state index contributed by atoms with van der Waals surface area (Å²) < 4.78 is 0. The topological polar surface area (TPSA) is 17.1 Å². The summed E-state index contributed by atoms with van der Waals surface area (Å²) in [6.07, 6.45) is 15.7. The second-order valence-corrected chi connectivity index (χ2v) is 14.2. The van der Waals surface area contributed by atoms with Crippen LogP contribution in [-0.2, 0) is 4.79 Å². The third kappa shape index (κ3) is 10.6. The molecule has 0 aliphatic heterocycles. The van der Waals surface area contributed by atoms with Crippen molar-refractivity contribution in [2.24, 2.45) is 17.8 Å². The molecule has 0 aliphatic carbocycles. The summed E-state index contributed by atoms with van der Waals surface area (Å²) in [7, 11) is -1.91. The zero-order valence-electron chi connectivity index (χ0n) is 20.7. The second kappa shape index (κ2) is 16.7. The Morgan fingerprint density at radius 2 is 0.893 bits per heavy atom. The summed E-state index contributed by atoms with van der Waals surface area (Å²) >= 11 is 0. The van der Waals surface area contributed by atoms with Gasteiger partial charge in [-0.1, -0.05) is 119 Å². The highest BCUT2D eigenvalue weighted by molar-refractivity contribution is 7.05. The number of unbranched alkanes of at least 4 members (excludes halogenated alkanes) is 3. The Morgan fingerprint density at radius 3 is 1.07 bits per heavy atom. The van der Waals surface area contributed by atoms with E-state index in [2.05, 4.69) is 41.5 Å². The zero-order chi connectivity index (χ0) is 21.4. The predicted octanol–water partition coefficient (Wildman–Crippen LogP) is 9.21. The highest BCUT2D eigenvalue weighted by atomic mass is 28.3. The summed E-state index contributed by atoms with van der Waals surface area (Å²) in [6.45, 7) is 16.0. The van der Waals surface area contributed by atoms with Crippen molar-refractivity contribution in [2.45, 2.75) is 144 Å². The van der Waals surface area contributed by atoms with E-state index in [0.717, 1.165) is 17.8 Å². The standard InChI is InChI=1S/C26H54OSi/c1-8-14-17-24(11-4)20-28(23(7)27,21-25(12-5)18-15-9-2)22-26(13-6)19-16-10-3/h24-26H,8-22H2,1-7H3. The molecule has 1 nitrogen and oxygen atoms in total. The Hall–Kier alpha value is -0.113. The molecule has 0 saturated carbocycles. The van der Waals surface area contributed by atoms with Crippen molar-refractivity contribution < 1.29 is 4.79 Å². The molecule has 0 amide bonds. The van der Waals surface area contributed by atoms with Crippen LogP contribution in [0.5, 0.6) is 0 Å². The minimum Gasteiger partial charge on any atom is -0.306 e. The van der Waals surface area contributed by atoms with Crippen molar-refractivity contribution in [3.63, 3.8) is 0 Å². The van der Waals surface area contributed by atoms with E-state index in [4.69, 9.17) is 0 Å². The quantitative estimate of drug-likeness (QED) is 0.194. The molecular weight excluding hydrogens is 356 g/mol. The van der Waals surface area contributed by atoms with Gasteiger partial charge in [0, 0.05) is 0 Å². The first kappa shape index (κ1) is 27.9. The third-order valence-corrected chi connectivity index (χ3v) is 13.0. The van der Waals surface area contributed by atoms with Gasteiger partial charge in [-0.05, 0) is 42.8 Å². The molecule has 0 fully saturated rings. The Morgan fingerprint density at radius 1 is 0.607 bits per heavy atom. The van der Waals surface area contributed by atoms with E-state index in [9.17, 15) is 4.79 Å². The van der Waals surface area contributed by atoms with Crippen LogP contribution < -0.4 is 0 Å². The van der Waals surface area contributed by atoms with E-state index in [1.165, 1.54) is 95.2 Å². The van der Waals surface area contributed by atoms with Gasteiger partial charge in [-0.3, -0.25) is 0 Å². The van der Waals surface area contributed by atoms with Crippen LogP contribution in [-0.4, -0.2) is 13.5 Å². The molecule has 0 aromatic heterocycles. The Labute approximate surface area is 179 Å². The monoisotopic (exact) mass is 410 g/mol. The van der Waals surface area contributed by atoms with Crippen molar-refractivity contribution in [2.75, 3.05) is 0 Å². The van der Waals surface area contributed by atoms with Gasteiger partial charge in [-0.15, -0.1) is 0 Å². The molecule has 2 heteroatoms. The maximum absolute atomic E-state index is 13.3. The Balaban J connectivity index is 5.63. The molecule has 0 spiro atoms. The van der Waals surface area contributed by atoms with Crippen molar-refractivity contribution in [3.05, 3.63) is 0 Å². The van der Waals surface area contributed by atoms with E-state index in [-0.39, 0.29) is 0 Å². The van der Waals surface area contributed by atoms with Gasteiger partial charge in [0.15, 0.2) is 0 Å². The molecule has 0 heterocycles. The van der Waals surface area contributed by atoms with Gasteiger partial charge in [-0.25, -0.2) is 0 Å². The van der Waals surface area contributed by atoms with Crippen LogP contribution in [0, 0.1) is 17.8 Å². The zero-order valence-corrected chi connectivity index (χ0v) is 21.7. The summed E-state index contributed by atoms with van der Waals surface area (Å²) in [6, 6.07) is 3.85. The lowest BCUT2D eigenvalue weighted by atomic mass is 10.0. The predicted molar refractivity (Wildman–Crippen MR) is 131 cm³/mol. The van der Waals surface area contributed by atoms with Crippen LogP contribution in [0.3, 0.4) is 0 Å². The SMILES string of the molecule is CCCCC(CC)C[Si](CC(CC)CCCC)(CC(CC)CCCC)C(C)=O. The smallest absolute Gasteiger partial charge is 0.133 e. The summed E-state index contributed by atoms with van der Waals surface area (Å²) in [5.41, 5.74) is 0.